The maximum absolute atomic E-state index is 12.5. The van der Waals surface area contributed by atoms with Crippen LogP contribution >= 0.6 is 0 Å². The van der Waals surface area contributed by atoms with Crippen molar-refractivity contribution in [2.45, 2.75) is 6.54 Å². The summed E-state index contributed by atoms with van der Waals surface area (Å²) < 4.78 is 10.2. The van der Waals surface area contributed by atoms with Gasteiger partial charge >= 0.3 is 5.97 Å². The van der Waals surface area contributed by atoms with Crippen LogP contribution in [0.2, 0.25) is 0 Å². The van der Waals surface area contributed by atoms with Crippen molar-refractivity contribution in [3.05, 3.63) is 76.4 Å². The number of para-hydroxylation sites is 2. The van der Waals surface area contributed by atoms with Crippen LogP contribution in [0.25, 0.3) is 21.9 Å². The molecule has 0 fully saturated rings. The van der Waals surface area contributed by atoms with Crippen LogP contribution in [0.3, 0.4) is 0 Å². The van der Waals surface area contributed by atoms with Gasteiger partial charge in [0.2, 0.25) is 0 Å². The second-order valence-electron chi connectivity index (χ2n) is 6.59. The van der Waals surface area contributed by atoms with E-state index in [0.29, 0.717) is 28.1 Å². The Balaban J connectivity index is 1.56. The van der Waals surface area contributed by atoms with E-state index in [2.05, 4.69) is 25.3 Å². The molecule has 156 valence electrons. The highest BCUT2D eigenvalue weighted by Gasteiger charge is 2.14. The number of nitrogens with one attached hydrogen (secondary N) is 2. The Labute approximate surface area is 176 Å². The van der Waals surface area contributed by atoms with Crippen LogP contribution in [0.1, 0.15) is 16.4 Å². The predicted octanol–water partition coefficient (Wildman–Crippen LogP) is 2.25. The molecule has 0 aliphatic heterocycles. The van der Waals surface area contributed by atoms with Crippen LogP contribution in [0, 0.1) is 0 Å². The molecule has 0 aliphatic rings. The molecule has 0 bridgehead atoms. The molecule has 2 aromatic heterocycles. The molecular formula is C22H18N4O5. The summed E-state index contributed by atoms with van der Waals surface area (Å²) in [5, 5.41) is 6.71. The average Bonchev–Trinajstić information content (AvgIpc) is 2.80. The summed E-state index contributed by atoms with van der Waals surface area (Å²) in [4.78, 5) is 45.1. The Morgan fingerprint density at radius 1 is 1.03 bits per heavy atom. The number of hydrogen-bond donors (Lipinski definition) is 2. The quantitative estimate of drug-likeness (QED) is 0.457. The van der Waals surface area contributed by atoms with Gasteiger partial charge in [-0.15, -0.1) is 0 Å². The molecule has 31 heavy (non-hydrogen) atoms. The first-order valence-corrected chi connectivity index (χ1v) is 9.42. The molecule has 0 saturated carbocycles. The number of rotatable bonds is 6. The summed E-state index contributed by atoms with van der Waals surface area (Å²) in [7, 11) is 1.30. The molecule has 4 aromatic rings. The molecule has 0 unspecified atom stereocenters. The molecule has 4 rings (SSSR count). The third kappa shape index (κ3) is 4.35. The van der Waals surface area contributed by atoms with Gasteiger partial charge in [-0.05, 0) is 24.3 Å². The number of carbonyl (C=O) groups excluding carboxylic acids is 2. The number of carbonyl (C=O) groups is 2. The smallest absolute Gasteiger partial charge is 0.325 e. The van der Waals surface area contributed by atoms with Gasteiger partial charge in [0.25, 0.3) is 5.91 Å². The number of nitrogens with zero attached hydrogens (tertiary/aromatic N) is 2. The molecular weight excluding hydrogens is 400 g/mol. The lowest BCUT2D eigenvalue weighted by Gasteiger charge is -2.11. The lowest BCUT2D eigenvalue weighted by molar-refractivity contribution is -0.138. The van der Waals surface area contributed by atoms with E-state index in [1.807, 2.05) is 18.2 Å². The van der Waals surface area contributed by atoms with E-state index in [1.54, 1.807) is 30.3 Å². The number of benzene rings is 2. The number of ether oxygens (including phenoxy) is 1. The highest BCUT2D eigenvalue weighted by molar-refractivity contribution is 5.93. The summed E-state index contributed by atoms with van der Waals surface area (Å²) in [5.41, 5.74) is 0.672. The van der Waals surface area contributed by atoms with E-state index < -0.39 is 11.9 Å². The van der Waals surface area contributed by atoms with Gasteiger partial charge < -0.3 is 19.8 Å². The molecule has 9 heteroatoms. The minimum absolute atomic E-state index is 0.00684. The Morgan fingerprint density at radius 2 is 1.77 bits per heavy atom. The zero-order chi connectivity index (χ0) is 21.8. The fourth-order valence-electron chi connectivity index (χ4n) is 3.03. The van der Waals surface area contributed by atoms with Gasteiger partial charge in [-0.1, -0.05) is 24.3 Å². The average molecular weight is 418 g/mol. The number of hydrogen-bond acceptors (Lipinski definition) is 8. The SMILES string of the molecule is COC(=O)CNc1nc(CNC(=O)c2cc(=O)c3ccccc3o2)nc2ccccc12. The van der Waals surface area contributed by atoms with Crippen molar-refractivity contribution in [2.75, 3.05) is 19.0 Å². The predicted molar refractivity (Wildman–Crippen MR) is 114 cm³/mol. The summed E-state index contributed by atoms with van der Waals surface area (Å²) in [5.74, 6) is -0.346. The molecule has 2 aromatic carbocycles. The molecule has 2 heterocycles. The van der Waals surface area contributed by atoms with E-state index >= 15 is 0 Å². The van der Waals surface area contributed by atoms with Crippen molar-refractivity contribution in [1.82, 2.24) is 15.3 Å². The second-order valence-corrected chi connectivity index (χ2v) is 6.59. The van der Waals surface area contributed by atoms with Crippen molar-refractivity contribution in [3.8, 4) is 0 Å². The number of anilines is 1. The van der Waals surface area contributed by atoms with E-state index in [-0.39, 0.29) is 24.3 Å². The van der Waals surface area contributed by atoms with Crippen LogP contribution in [-0.2, 0) is 16.1 Å². The lowest BCUT2D eigenvalue weighted by Crippen LogP contribution is -2.25. The van der Waals surface area contributed by atoms with Crippen molar-refractivity contribution in [3.63, 3.8) is 0 Å². The Bertz CT molecular complexity index is 1350. The summed E-state index contributed by atoms with van der Waals surface area (Å²) >= 11 is 0. The summed E-state index contributed by atoms with van der Waals surface area (Å²) in [6, 6.07) is 15.1. The largest absolute Gasteiger partial charge is 0.468 e. The minimum atomic E-state index is -0.566. The first-order chi connectivity index (χ1) is 15.0. The standard InChI is InChI=1S/C22H18N4O5/c1-30-20(28)12-23-21-13-6-2-4-8-15(13)25-19(26-21)11-24-22(29)18-10-16(27)14-7-3-5-9-17(14)31-18/h2-10H,11-12H2,1H3,(H,24,29)(H,23,25,26). The van der Waals surface area contributed by atoms with Crippen molar-refractivity contribution < 1.29 is 18.7 Å². The van der Waals surface area contributed by atoms with E-state index in [1.165, 1.54) is 7.11 Å². The van der Waals surface area contributed by atoms with Crippen molar-refractivity contribution >= 4 is 39.6 Å². The van der Waals surface area contributed by atoms with Gasteiger partial charge in [0.15, 0.2) is 17.0 Å². The molecule has 1 amide bonds. The maximum atomic E-state index is 12.5. The monoisotopic (exact) mass is 418 g/mol. The van der Waals surface area contributed by atoms with Gasteiger partial charge in [0.1, 0.15) is 17.9 Å². The van der Waals surface area contributed by atoms with Gasteiger partial charge in [-0.3, -0.25) is 14.4 Å². The zero-order valence-corrected chi connectivity index (χ0v) is 16.5. The summed E-state index contributed by atoms with van der Waals surface area (Å²) in [6.07, 6.45) is 0. The number of fused-ring (bicyclic) bond motifs is 2. The van der Waals surface area contributed by atoms with Gasteiger partial charge in [-0.2, -0.15) is 0 Å². The van der Waals surface area contributed by atoms with Crippen LogP contribution < -0.4 is 16.1 Å². The van der Waals surface area contributed by atoms with E-state index in [0.717, 1.165) is 11.5 Å². The van der Waals surface area contributed by atoms with Crippen molar-refractivity contribution in [2.24, 2.45) is 0 Å². The van der Waals surface area contributed by atoms with Gasteiger partial charge in [-0.25, -0.2) is 9.97 Å². The molecule has 0 atom stereocenters. The number of amides is 1. The van der Waals surface area contributed by atoms with E-state index in [4.69, 9.17) is 4.42 Å². The zero-order valence-electron chi connectivity index (χ0n) is 16.5. The number of methoxy groups -OCH3 is 1. The number of esters is 1. The van der Waals surface area contributed by atoms with E-state index in [9.17, 15) is 14.4 Å². The van der Waals surface area contributed by atoms with Crippen LogP contribution in [0.4, 0.5) is 5.82 Å². The fourth-order valence-corrected chi connectivity index (χ4v) is 3.03. The van der Waals surface area contributed by atoms with Gasteiger partial charge in [0, 0.05) is 11.5 Å². The second kappa shape index (κ2) is 8.62. The molecule has 0 spiro atoms. The molecule has 0 radical (unpaired) electrons. The third-order valence-corrected chi connectivity index (χ3v) is 4.54. The van der Waals surface area contributed by atoms with Crippen LogP contribution in [0.15, 0.2) is 63.8 Å². The molecule has 0 aliphatic carbocycles. The molecule has 2 N–H and O–H groups in total. The van der Waals surface area contributed by atoms with Crippen LogP contribution in [0.5, 0.6) is 0 Å². The first-order valence-electron chi connectivity index (χ1n) is 9.42. The number of aromatic nitrogens is 2. The fraction of sp³-hybridized carbons (Fsp3) is 0.136. The van der Waals surface area contributed by atoms with Crippen molar-refractivity contribution in [1.29, 1.82) is 0 Å². The highest BCUT2D eigenvalue weighted by atomic mass is 16.5. The van der Waals surface area contributed by atoms with Crippen LogP contribution in [-0.4, -0.2) is 35.5 Å². The Morgan fingerprint density at radius 3 is 2.58 bits per heavy atom. The topological polar surface area (TPSA) is 123 Å². The molecule has 9 nitrogen and oxygen atoms in total. The Hall–Kier alpha value is -4.27. The third-order valence-electron chi connectivity index (χ3n) is 4.54. The normalized spacial score (nSPS) is 10.7. The first kappa shape index (κ1) is 20.0. The van der Waals surface area contributed by atoms with Gasteiger partial charge in [0.05, 0.1) is 24.6 Å². The minimum Gasteiger partial charge on any atom is -0.468 e. The maximum Gasteiger partial charge on any atom is 0.325 e. The summed E-state index contributed by atoms with van der Waals surface area (Å²) in [6.45, 7) is -0.0708. The lowest BCUT2D eigenvalue weighted by atomic mass is 10.2. The highest BCUT2D eigenvalue weighted by Crippen LogP contribution is 2.20. The molecule has 0 saturated heterocycles. The Kier molecular flexibility index (Phi) is 5.57.